The van der Waals surface area contributed by atoms with Crippen molar-refractivity contribution in [2.75, 3.05) is 26.2 Å². The molecule has 1 aliphatic heterocycles. The van der Waals surface area contributed by atoms with Gasteiger partial charge in [0.1, 0.15) is 0 Å². The quantitative estimate of drug-likeness (QED) is 0.803. The highest BCUT2D eigenvalue weighted by Crippen LogP contribution is 2.09. The molecule has 0 spiro atoms. The molecule has 2 heterocycles. The van der Waals surface area contributed by atoms with Crippen LogP contribution in [-0.2, 0) is 11.2 Å². The van der Waals surface area contributed by atoms with E-state index in [0.717, 1.165) is 19.4 Å². The minimum atomic E-state index is -0.256. The average Bonchev–Trinajstić information content (AvgIpc) is 2.90. The van der Waals surface area contributed by atoms with Crippen LogP contribution in [0.25, 0.3) is 0 Å². The van der Waals surface area contributed by atoms with Gasteiger partial charge in [-0.15, -0.1) is 11.3 Å². The summed E-state index contributed by atoms with van der Waals surface area (Å²) in [5.41, 5.74) is 0. The fourth-order valence-corrected chi connectivity index (χ4v) is 2.70. The van der Waals surface area contributed by atoms with Gasteiger partial charge in [-0.05, 0) is 24.3 Å². The van der Waals surface area contributed by atoms with Crippen molar-refractivity contribution < 1.29 is 9.90 Å². The minimum Gasteiger partial charge on any atom is -0.392 e. The van der Waals surface area contributed by atoms with E-state index >= 15 is 0 Å². The number of carbonyl (C=O) groups is 1. The van der Waals surface area contributed by atoms with Gasteiger partial charge >= 0.3 is 0 Å². The highest BCUT2D eigenvalue weighted by molar-refractivity contribution is 7.09. The summed E-state index contributed by atoms with van der Waals surface area (Å²) in [4.78, 5) is 14.9. The molecule has 2 N–H and O–H groups in total. The molecule has 1 saturated heterocycles. The van der Waals surface area contributed by atoms with Gasteiger partial charge in [0.2, 0.25) is 5.91 Å². The van der Waals surface area contributed by atoms with Gasteiger partial charge in [-0.25, -0.2) is 0 Å². The van der Waals surface area contributed by atoms with E-state index in [1.165, 1.54) is 4.88 Å². The summed E-state index contributed by atoms with van der Waals surface area (Å²) < 4.78 is 0. The van der Waals surface area contributed by atoms with Gasteiger partial charge in [-0.2, -0.15) is 0 Å². The number of likely N-dealkylation sites (tertiary alicyclic amines) is 1. The molecular formula is C12H18N2O2S. The molecule has 4 nitrogen and oxygen atoms in total. The fourth-order valence-electron chi connectivity index (χ4n) is 1.99. The van der Waals surface area contributed by atoms with Gasteiger partial charge in [0, 0.05) is 24.5 Å². The smallest absolute Gasteiger partial charge is 0.234 e. The molecule has 1 amide bonds. The molecule has 17 heavy (non-hydrogen) atoms. The van der Waals surface area contributed by atoms with E-state index < -0.39 is 0 Å². The molecular weight excluding hydrogens is 236 g/mol. The number of aliphatic hydroxyl groups is 1. The lowest BCUT2D eigenvalue weighted by Crippen LogP contribution is -2.37. The van der Waals surface area contributed by atoms with E-state index in [9.17, 15) is 9.90 Å². The van der Waals surface area contributed by atoms with Crippen molar-refractivity contribution in [3.8, 4) is 0 Å². The largest absolute Gasteiger partial charge is 0.392 e. The summed E-state index contributed by atoms with van der Waals surface area (Å²) in [6, 6.07) is 4.10. The number of rotatable bonds is 5. The Kier molecular flexibility index (Phi) is 4.53. The molecule has 0 unspecified atom stereocenters. The molecule has 5 heteroatoms. The zero-order chi connectivity index (χ0) is 12.1. The second-order valence-corrected chi connectivity index (χ2v) is 5.39. The molecule has 1 atom stereocenters. The van der Waals surface area contributed by atoms with Gasteiger partial charge in [0.05, 0.1) is 12.6 Å². The molecule has 1 fully saturated rings. The molecule has 1 aliphatic rings. The number of nitrogens with zero attached hydrogens (tertiary/aromatic N) is 1. The third kappa shape index (κ3) is 4.11. The Balaban J connectivity index is 1.61. The molecule has 0 radical (unpaired) electrons. The van der Waals surface area contributed by atoms with Crippen LogP contribution in [0.4, 0.5) is 0 Å². The summed E-state index contributed by atoms with van der Waals surface area (Å²) in [7, 11) is 0. The SMILES string of the molecule is O=C(CN1CC[C@H](O)C1)NCCc1cccs1. The van der Waals surface area contributed by atoms with Crippen LogP contribution in [0.3, 0.4) is 0 Å². The minimum absolute atomic E-state index is 0.0515. The van der Waals surface area contributed by atoms with Crippen LogP contribution in [0.5, 0.6) is 0 Å². The summed E-state index contributed by atoms with van der Waals surface area (Å²) >= 11 is 1.71. The van der Waals surface area contributed by atoms with Crippen LogP contribution in [-0.4, -0.2) is 48.2 Å². The van der Waals surface area contributed by atoms with Crippen molar-refractivity contribution >= 4 is 17.2 Å². The number of hydrogen-bond donors (Lipinski definition) is 2. The van der Waals surface area contributed by atoms with E-state index in [1.54, 1.807) is 11.3 Å². The Bertz CT molecular complexity index is 353. The van der Waals surface area contributed by atoms with E-state index in [4.69, 9.17) is 0 Å². The number of β-amino-alcohol motifs (C(OH)–C–C–N with tert-alkyl or cyclic N) is 1. The Hall–Kier alpha value is -0.910. The Morgan fingerprint density at radius 2 is 2.53 bits per heavy atom. The number of thiophene rings is 1. The lowest BCUT2D eigenvalue weighted by atomic mass is 10.3. The lowest BCUT2D eigenvalue weighted by Gasteiger charge is -2.14. The van der Waals surface area contributed by atoms with E-state index in [1.807, 2.05) is 16.3 Å². The van der Waals surface area contributed by atoms with Crippen LogP contribution in [0.1, 0.15) is 11.3 Å². The zero-order valence-electron chi connectivity index (χ0n) is 9.76. The van der Waals surface area contributed by atoms with Gasteiger partial charge in [0.25, 0.3) is 0 Å². The summed E-state index contributed by atoms with van der Waals surface area (Å²) in [5, 5.41) is 14.3. The summed E-state index contributed by atoms with van der Waals surface area (Å²) in [5.74, 6) is 0.0515. The van der Waals surface area contributed by atoms with Gasteiger partial charge in [-0.1, -0.05) is 6.07 Å². The van der Waals surface area contributed by atoms with Crippen molar-refractivity contribution in [1.82, 2.24) is 10.2 Å². The normalized spacial score (nSPS) is 20.6. The van der Waals surface area contributed by atoms with Crippen LogP contribution in [0.15, 0.2) is 17.5 Å². The zero-order valence-corrected chi connectivity index (χ0v) is 10.6. The number of aliphatic hydroxyl groups excluding tert-OH is 1. The van der Waals surface area contributed by atoms with Crippen LogP contribution in [0.2, 0.25) is 0 Å². The van der Waals surface area contributed by atoms with Crippen LogP contribution in [0, 0.1) is 0 Å². The maximum Gasteiger partial charge on any atom is 0.234 e. The first kappa shape index (κ1) is 12.5. The number of hydrogen-bond acceptors (Lipinski definition) is 4. The molecule has 1 aromatic rings. The summed E-state index contributed by atoms with van der Waals surface area (Å²) in [6.45, 7) is 2.54. The van der Waals surface area contributed by atoms with Gasteiger partial charge in [0.15, 0.2) is 0 Å². The first-order valence-electron chi connectivity index (χ1n) is 5.93. The van der Waals surface area contributed by atoms with E-state index in [-0.39, 0.29) is 12.0 Å². The second-order valence-electron chi connectivity index (χ2n) is 4.36. The highest BCUT2D eigenvalue weighted by Gasteiger charge is 2.21. The van der Waals surface area contributed by atoms with E-state index in [2.05, 4.69) is 11.4 Å². The Morgan fingerprint density at radius 1 is 1.65 bits per heavy atom. The standard InChI is InChI=1S/C12H18N2O2S/c15-10-4-6-14(8-10)9-12(16)13-5-3-11-2-1-7-17-11/h1-2,7,10,15H,3-6,8-9H2,(H,13,16)/t10-/m0/s1. The van der Waals surface area contributed by atoms with Gasteiger partial charge < -0.3 is 10.4 Å². The molecule has 2 rings (SSSR count). The third-order valence-corrected chi connectivity index (χ3v) is 3.82. The van der Waals surface area contributed by atoms with E-state index in [0.29, 0.717) is 19.6 Å². The average molecular weight is 254 g/mol. The van der Waals surface area contributed by atoms with Crippen molar-refractivity contribution in [3.05, 3.63) is 22.4 Å². The molecule has 0 bridgehead atoms. The molecule has 1 aromatic heterocycles. The van der Waals surface area contributed by atoms with Gasteiger partial charge in [-0.3, -0.25) is 9.69 Å². The highest BCUT2D eigenvalue weighted by atomic mass is 32.1. The monoisotopic (exact) mass is 254 g/mol. The van der Waals surface area contributed by atoms with Crippen molar-refractivity contribution in [2.45, 2.75) is 18.9 Å². The molecule has 0 aliphatic carbocycles. The van der Waals surface area contributed by atoms with Crippen LogP contribution >= 0.6 is 11.3 Å². The molecule has 0 aromatic carbocycles. The molecule has 94 valence electrons. The van der Waals surface area contributed by atoms with Crippen LogP contribution < -0.4 is 5.32 Å². The fraction of sp³-hybridized carbons (Fsp3) is 0.583. The number of amides is 1. The molecule has 0 saturated carbocycles. The third-order valence-electron chi connectivity index (χ3n) is 2.89. The maximum atomic E-state index is 11.6. The second kappa shape index (κ2) is 6.14. The van der Waals surface area contributed by atoms with Crippen molar-refractivity contribution in [2.24, 2.45) is 0 Å². The topological polar surface area (TPSA) is 52.6 Å². The number of nitrogens with one attached hydrogen (secondary N) is 1. The Morgan fingerprint density at radius 3 is 3.18 bits per heavy atom. The van der Waals surface area contributed by atoms with Crippen molar-refractivity contribution in [1.29, 1.82) is 0 Å². The number of carbonyl (C=O) groups excluding carboxylic acids is 1. The first-order valence-corrected chi connectivity index (χ1v) is 6.81. The predicted molar refractivity (Wildman–Crippen MR) is 68.1 cm³/mol. The Labute approximate surface area is 105 Å². The predicted octanol–water partition coefficient (Wildman–Crippen LogP) is 0.473. The van der Waals surface area contributed by atoms with Crippen molar-refractivity contribution in [3.63, 3.8) is 0 Å². The first-order chi connectivity index (χ1) is 8.24. The lowest BCUT2D eigenvalue weighted by molar-refractivity contribution is -0.122. The maximum absolute atomic E-state index is 11.6. The summed E-state index contributed by atoms with van der Waals surface area (Å²) in [6.07, 6.45) is 1.42.